The number of sulfone groups is 1. The van der Waals surface area contributed by atoms with E-state index in [0.717, 1.165) is 12.1 Å². The van der Waals surface area contributed by atoms with E-state index in [-0.39, 0.29) is 41.1 Å². The molecule has 3 aromatic rings. The number of amides is 1. The van der Waals surface area contributed by atoms with Crippen molar-refractivity contribution in [3.8, 4) is 11.5 Å². The molecule has 0 fully saturated rings. The van der Waals surface area contributed by atoms with Crippen molar-refractivity contribution in [3.63, 3.8) is 0 Å². The second kappa shape index (κ2) is 7.87. The molecule has 0 bridgehead atoms. The molecule has 0 saturated carbocycles. The Kier molecular flexibility index (Phi) is 5.26. The van der Waals surface area contributed by atoms with E-state index in [1.807, 2.05) is 0 Å². The molecule has 3 aromatic carbocycles. The largest absolute Gasteiger partial charge is 0.454 e. The number of nitrogens with zero attached hydrogens (tertiary/aromatic N) is 1. The molecule has 1 aliphatic heterocycles. The van der Waals surface area contributed by atoms with Crippen LogP contribution in [0.3, 0.4) is 0 Å². The Hall–Kier alpha value is -3.26. The maximum atomic E-state index is 13.7. The molecular weight excluding hydrogens is 412 g/mol. The molecule has 1 heterocycles. The zero-order valence-corrected chi connectivity index (χ0v) is 16.5. The van der Waals surface area contributed by atoms with Crippen molar-refractivity contribution in [1.29, 1.82) is 0 Å². The third-order valence-electron chi connectivity index (χ3n) is 4.81. The van der Waals surface area contributed by atoms with Gasteiger partial charge in [-0.3, -0.25) is 4.79 Å². The summed E-state index contributed by atoms with van der Waals surface area (Å²) in [4.78, 5) is 14.7. The minimum atomic E-state index is -3.45. The lowest BCUT2D eigenvalue weighted by Crippen LogP contribution is -2.32. The third-order valence-corrected chi connectivity index (χ3v) is 6.60. The highest BCUT2D eigenvalue weighted by Crippen LogP contribution is 2.27. The van der Waals surface area contributed by atoms with Crippen LogP contribution in [0.1, 0.15) is 15.9 Å². The fraction of sp³-hybridized carbons (Fsp3) is 0.136. The summed E-state index contributed by atoms with van der Waals surface area (Å²) >= 11 is 0. The van der Waals surface area contributed by atoms with Gasteiger partial charge in [0.1, 0.15) is 11.6 Å². The van der Waals surface area contributed by atoms with Crippen molar-refractivity contribution >= 4 is 15.7 Å². The molecular formula is C22H17F2NO4S. The first kappa shape index (κ1) is 20.0. The molecule has 0 N–H and O–H groups in total. The highest BCUT2D eigenvalue weighted by molar-refractivity contribution is 7.91. The predicted octanol–water partition coefficient (Wildman–Crippen LogP) is 4.19. The van der Waals surface area contributed by atoms with Gasteiger partial charge in [0.05, 0.1) is 10.6 Å². The van der Waals surface area contributed by atoms with Crippen molar-refractivity contribution in [3.05, 3.63) is 89.5 Å². The third kappa shape index (κ3) is 4.04. The van der Waals surface area contributed by atoms with Gasteiger partial charge in [0.25, 0.3) is 5.91 Å². The fourth-order valence-corrected chi connectivity index (χ4v) is 4.77. The van der Waals surface area contributed by atoms with E-state index >= 15 is 0 Å². The highest BCUT2D eigenvalue weighted by Gasteiger charge is 2.27. The minimum absolute atomic E-state index is 0.0783. The molecule has 5 nitrogen and oxygen atoms in total. The molecule has 0 aromatic heterocycles. The molecule has 0 unspecified atom stereocenters. The summed E-state index contributed by atoms with van der Waals surface area (Å²) in [6.45, 7) is 0.266. The van der Waals surface area contributed by atoms with Crippen LogP contribution in [0.15, 0.2) is 71.6 Å². The first-order chi connectivity index (χ1) is 14.3. The number of benzene rings is 3. The van der Waals surface area contributed by atoms with Gasteiger partial charge in [0.15, 0.2) is 21.4 Å². The van der Waals surface area contributed by atoms with Crippen molar-refractivity contribution in [2.45, 2.75) is 11.4 Å². The summed E-state index contributed by atoms with van der Waals surface area (Å²) in [5.74, 6) is -1.87. The van der Waals surface area contributed by atoms with Gasteiger partial charge in [-0.05, 0) is 48.0 Å². The van der Waals surface area contributed by atoms with Crippen LogP contribution in [-0.4, -0.2) is 31.5 Å². The Labute approximate surface area is 172 Å². The van der Waals surface area contributed by atoms with Crippen LogP contribution < -0.4 is 4.74 Å². The number of hydrogen-bond acceptors (Lipinski definition) is 4. The maximum absolute atomic E-state index is 13.7. The molecule has 1 amide bonds. The number of halogens is 2. The lowest BCUT2D eigenvalue weighted by molar-refractivity contribution is 0.0754. The normalized spacial score (nSPS) is 15.2. The molecule has 0 radical (unpaired) electrons. The second-order valence-corrected chi connectivity index (χ2v) is 8.93. The van der Waals surface area contributed by atoms with E-state index in [4.69, 9.17) is 4.74 Å². The average Bonchev–Trinajstić information content (AvgIpc) is 2.86. The standard InChI is InChI=1S/C22H17F2NO4S/c23-17-7-10-20(19(24)13-17)29-18-8-5-15(6-9-18)22(26)25-11-12-30(27,28)21-4-2-1-3-16(21)14-25/h1-10,13H,11-12,14H2. The Morgan fingerprint density at radius 2 is 1.70 bits per heavy atom. The summed E-state index contributed by atoms with van der Waals surface area (Å²) in [5, 5.41) is 0. The summed E-state index contributed by atoms with van der Waals surface area (Å²) in [6.07, 6.45) is 0. The Bertz CT molecular complexity index is 1210. The Morgan fingerprint density at radius 1 is 0.967 bits per heavy atom. The van der Waals surface area contributed by atoms with Gasteiger partial charge in [-0.1, -0.05) is 18.2 Å². The van der Waals surface area contributed by atoms with E-state index in [9.17, 15) is 22.0 Å². The van der Waals surface area contributed by atoms with Gasteiger partial charge in [-0.25, -0.2) is 17.2 Å². The lowest BCUT2D eigenvalue weighted by atomic mass is 10.1. The van der Waals surface area contributed by atoms with Crippen LogP contribution >= 0.6 is 0 Å². The van der Waals surface area contributed by atoms with Crippen LogP contribution in [-0.2, 0) is 16.4 Å². The van der Waals surface area contributed by atoms with Crippen molar-refractivity contribution in [1.82, 2.24) is 4.90 Å². The second-order valence-electron chi connectivity index (χ2n) is 6.85. The summed E-state index contributed by atoms with van der Waals surface area (Å²) in [7, 11) is -3.45. The van der Waals surface area contributed by atoms with Gasteiger partial charge >= 0.3 is 0 Å². The molecule has 0 atom stereocenters. The van der Waals surface area contributed by atoms with Crippen molar-refractivity contribution in [2.75, 3.05) is 12.3 Å². The van der Waals surface area contributed by atoms with Crippen LogP contribution in [0.2, 0.25) is 0 Å². The molecule has 0 saturated heterocycles. The van der Waals surface area contributed by atoms with Crippen molar-refractivity contribution in [2.24, 2.45) is 0 Å². The number of carbonyl (C=O) groups is 1. The van der Waals surface area contributed by atoms with E-state index in [1.165, 1.54) is 35.2 Å². The number of carbonyl (C=O) groups excluding carboxylic acids is 1. The summed E-state index contributed by atoms with van der Waals surface area (Å²) < 4.78 is 57.0. The topological polar surface area (TPSA) is 63.7 Å². The smallest absolute Gasteiger partial charge is 0.254 e. The van der Waals surface area contributed by atoms with Crippen LogP contribution in [0.25, 0.3) is 0 Å². The lowest BCUT2D eigenvalue weighted by Gasteiger charge is -2.20. The molecule has 30 heavy (non-hydrogen) atoms. The molecule has 154 valence electrons. The maximum Gasteiger partial charge on any atom is 0.254 e. The first-order valence-electron chi connectivity index (χ1n) is 9.16. The average molecular weight is 429 g/mol. The molecule has 0 spiro atoms. The van der Waals surface area contributed by atoms with Gasteiger partial charge in [0.2, 0.25) is 0 Å². The highest BCUT2D eigenvalue weighted by atomic mass is 32.2. The van der Waals surface area contributed by atoms with Crippen LogP contribution in [0.4, 0.5) is 8.78 Å². The summed E-state index contributed by atoms with van der Waals surface area (Å²) in [6, 6.07) is 15.7. The number of ether oxygens (including phenoxy) is 1. The molecule has 8 heteroatoms. The van der Waals surface area contributed by atoms with Gasteiger partial charge < -0.3 is 9.64 Å². The zero-order valence-electron chi connectivity index (χ0n) is 15.7. The molecule has 4 rings (SSSR count). The number of hydrogen-bond donors (Lipinski definition) is 0. The van der Waals surface area contributed by atoms with Gasteiger partial charge in [0, 0.05) is 24.7 Å². The number of rotatable bonds is 3. The van der Waals surface area contributed by atoms with Crippen LogP contribution in [0, 0.1) is 11.6 Å². The van der Waals surface area contributed by atoms with E-state index in [2.05, 4.69) is 0 Å². The molecule has 0 aliphatic carbocycles. The fourth-order valence-electron chi connectivity index (χ4n) is 3.27. The van der Waals surface area contributed by atoms with Crippen LogP contribution in [0.5, 0.6) is 11.5 Å². The quantitative estimate of drug-likeness (QED) is 0.627. The van der Waals surface area contributed by atoms with Crippen molar-refractivity contribution < 1.29 is 26.7 Å². The monoisotopic (exact) mass is 429 g/mol. The molecule has 1 aliphatic rings. The number of fused-ring (bicyclic) bond motifs is 1. The van der Waals surface area contributed by atoms with Gasteiger partial charge in [-0.2, -0.15) is 0 Å². The van der Waals surface area contributed by atoms with E-state index in [0.29, 0.717) is 11.1 Å². The summed E-state index contributed by atoms with van der Waals surface area (Å²) in [5.41, 5.74) is 0.925. The Morgan fingerprint density at radius 3 is 2.43 bits per heavy atom. The SMILES string of the molecule is O=C(c1ccc(Oc2ccc(F)cc2F)cc1)N1CCS(=O)(=O)c2ccccc2C1. The van der Waals surface area contributed by atoms with E-state index in [1.54, 1.807) is 24.3 Å². The van der Waals surface area contributed by atoms with E-state index < -0.39 is 21.5 Å². The Balaban J connectivity index is 1.53. The predicted molar refractivity (Wildman–Crippen MR) is 106 cm³/mol. The zero-order chi connectivity index (χ0) is 21.3. The minimum Gasteiger partial charge on any atom is -0.454 e. The van der Waals surface area contributed by atoms with Gasteiger partial charge in [-0.15, -0.1) is 0 Å². The first-order valence-corrected chi connectivity index (χ1v) is 10.8.